The second kappa shape index (κ2) is 7.46. The molecule has 2 heterocycles. The highest BCUT2D eigenvalue weighted by Gasteiger charge is 2.19. The molecule has 3 nitrogen and oxygen atoms in total. The van der Waals surface area contributed by atoms with Gasteiger partial charge >= 0.3 is 0 Å². The van der Waals surface area contributed by atoms with Crippen molar-refractivity contribution in [3.05, 3.63) is 29.8 Å². The monoisotopic (exact) mass is 293 g/mol. The largest absolute Gasteiger partial charge is 0.377 e. The van der Waals surface area contributed by atoms with Gasteiger partial charge in [-0.15, -0.1) is 11.8 Å². The Kier molecular flexibility index (Phi) is 5.36. The molecule has 0 unspecified atom stereocenters. The van der Waals surface area contributed by atoms with Gasteiger partial charge in [0.25, 0.3) is 0 Å². The molecule has 1 N–H and O–H groups in total. The Morgan fingerprint density at radius 3 is 3.15 bits per heavy atom. The molecule has 2 aliphatic rings. The molecule has 1 aromatic rings. The van der Waals surface area contributed by atoms with Crippen molar-refractivity contribution in [2.24, 2.45) is 0 Å². The molecule has 3 rings (SSSR count). The van der Waals surface area contributed by atoms with Crippen molar-refractivity contribution in [2.45, 2.75) is 36.3 Å². The highest BCUT2D eigenvalue weighted by Crippen LogP contribution is 2.35. The molecule has 0 spiro atoms. The lowest BCUT2D eigenvalue weighted by molar-refractivity contribution is 0.0178. The van der Waals surface area contributed by atoms with E-state index in [1.807, 2.05) is 11.8 Å². The van der Waals surface area contributed by atoms with E-state index in [0.717, 1.165) is 32.8 Å². The van der Waals surface area contributed by atoms with Crippen LogP contribution in [0.1, 0.15) is 30.9 Å². The number of thioether (sulfide) groups is 1. The van der Waals surface area contributed by atoms with Crippen LogP contribution in [0, 0.1) is 0 Å². The highest BCUT2D eigenvalue weighted by atomic mass is 32.2. The van der Waals surface area contributed by atoms with Crippen LogP contribution in [0.4, 0.5) is 0 Å². The Morgan fingerprint density at radius 1 is 1.30 bits per heavy atom. The average molecular weight is 293 g/mol. The maximum Gasteiger partial charge on any atom is 0.0809 e. The topological polar surface area (TPSA) is 30.5 Å². The lowest BCUT2D eigenvalue weighted by atomic mass is 10.0. The summed E-state index contributed by atoms with van der Waals surface area (Å²) < 4.78 is 11.3. The van der Waals surface area contributed by atoms with Crippen molar-refractivity contribution in [3.8, 4) is 0 Å². The molecule has 0 aromatic heterocycles. The van der Waals surface area contributed by atoms with E-state index in [2.05, 4.69) is 29.6 Å². The average Bonchev–Trinajstić information content (AvgIpc) is 3.00. The molecule has 0 saturated carbocycles. The molecule has 1 saturated heterocycles. The number of ether oxygens (including phenoxy) is 2. The lowest BCUT2D eigenvalue weighted by Gasteiger charge is -2.26. The predicted molar refractivity (Wildman–Crippen MR) is 82.3 cm³/mol. The summed E-state index contributed by atoms with van der Waals surface area (Å²) in [5, 5.41) is 3.62. The van der Waals surface area contributed by atoms with Gasteiger partial charge < -0.3 is 14.8 Å². The van der Waals surface area contributed by atoms with Gasteiger partial charge in [-0.05, 0) is 36.6 Å². The van der Waals surface area contributed by atoms with Gasteiger partial charge in [-0.1, -0.05) is 18.2 Å². The Morgan fingerprint density at radius 2 is 2.25 bits per heavy atom. The first-order valence-electron chi connectivity index (χ1n) is 7.58. The Hall–Kier alpha value is -0.550. The van der Waals surface area contributed by atoms with Gasteiger partial charge in [-0.2, -0.15) is 0 Å². The van der Waals surface area contributed by atoms with E-state index in [1.165, 1.54) is 29.1 Å². The van der Waals surface area contributed by atoms with Crippen LogP contribution in [0.5, 0.6) is 0 Å². The van der Waals surface area contributed by atoms with Crippen LogP contribution in [0.25, 0.3) is 0 Å². The zero-order valence-electron chi connectivity index (χ0n) is 11.8. The highest BCUT2D eigenvalue weighted by molar-refractivity contribution is 7.99. The first-order chi connectivity index (χ1) is 9.93. The maximum absolute atomic E-state index is 5.70. The second-order valence-electron chi connectivity index (χ2n) is 5.39. The molecule has 1 fully saturated rings. The van der Waals surface area contributed by atoms with Crippen LogP contribution >= 0.6 is 11.8 Å². The van der Waals surface area contributed by atoms with Crippen molar-refractivity contribution in [1.29, 1.82) is 0 Å². The van der Waals surface area contributed by atoms with Gasteiger partial charge in [0.1, 0.15) is 0 Å². The third kappa shape index (κ3) is 3.76. The number of hydrogen-bond acceptors (Lipinski definition) is 4. The number of hydrogen-bond donors (Lipinski definition) is 1. The smallest absolute Gasteiger partial charge is 0.0809 e. The Bertz CT molecular complexity index is 421. The second-order valence-corrected chi connectivity index (χ2v) is 6.53. The Labute approximate surface area is 125 Å². The fourth-order valence-electron chi connectivity index (χ4n) is 2.85. The summed E-state index contributed by atoms with van der Waals surface area (Å²) in [5.74, 6) is 1.20. The van der Waals surface area contributed by atoms with Crippen molar-refractivity contribution < 1.29 is 9.47 Å². The number of nitrogens with one attached hydrogen (secondary N) is 1. The van der Waals surface area contributed by atoms with Crippen LogP contribution < -0.4 is 5.32 Å². The van der Waals surface area contributed by atoms with Crippen LogP contribution in [0.15, 0.2) is 29.2 Å². The summed E-state index contributed by atoms with van der Waals surface area (Å²) in [5.41, 5.74) is 1.45. The van der Waals surface area contributed by atoms with Crippen LogP contribution in [-0.2, 0) is 9.47 Å². The van der Waals surface area contributed by atoms with Gasteiger partial charge in [0.05, 0.1) is 19.3 Å². The minimum atomic E-state index is 0.335. The normalized spacial score (nSPS) is 25.6. The van der Waals surface area contributed by atoms with Gasteiger partial charge in [0, 0.05) is 24.1 Å². The third-order valence-corrected chi connectivity index (χ3v) is 5.05. The summed E-state index contributed by atoms with van der Waals surface area (Å²) in [7, 11) is 0. The zero-order valence-corrected chi connectivity index (χ0v) is 12.7. The van der Waals surface area contributed by atoms with Gasteiger partial charge in [-0.3, -0.25) is 0 Å². The number of fused-ring (bicyclic) bond motifs is 1. The molecule has 4 heteroatoms. The van der Waals surface area contributed by atoms with Crippen molar-refractivity contribution in [3.63, 3.8) is 0 Å². The third-order valence-electron chi connectivity index (χ3n) is 3.92. The molecule has 0 radical (unpaired) electrons. The van der Waals surface area contributed by atoms with Gasteiger partial charge in [0.2, 0.25) is 0 Å². The first-order valence-corrected chi connectivity index (χ1v) is 8.56. The lowest BCUT2D eigenvalue weighted by Crippen LogP contribution is -2.28. The SMILES string of the molecule is c1ccc2c(c1)SCC[C@H]2NCCOC[C@@H]1CCCO1. The minimum Gasteiger partial charge on any atom is -0.377 e. The summed E-state index contributed by atoms with van der Waals surface area (Å²) in [4.78, 5) is 1.43. The molecule has 110 valence electrons. The summed E-state index contributed by atoms with van der Waals surface area (Å²) in [6, 6.07) is 9.21. The molecular weight excluding hydrogens is 270 g/mol. The van der Waals surface area contributed by atoms with E-state index < -0.39 is 0 Å². The molecule has 0 amide bonds. The first kappa shape index (κ1) is 14.4. The summed E-state index contributed by atoms with van der Waals surface area (Å²) in [6.45, 7) is 3.34. The van der Waals surface area contributed by atoms with E-state index in [-0.39, 0.29) is 0 Å². The maximum atomic E-state index is 5.70. The van der Waals surface area contributed by atoms with Crippen molar-refractivity contribution >= 4 is 11.8 Å². The number of rotatable bonds is 6. The number of benzene rings is 1. The van der Waals surface area contributed by atoms with E-state index in [4.69, 9.17) is 9.47 Å². The van der Waals surface area contributed by atoms with E-state index in [1.54, 1.807) is 0 Å². The van der Waals surface area contributed by atoms with Crippen LogP contribution in [0.3, 0.4) is 0 Å². The van der Waals surface area contributed by atoms with Crippen molar-refractivity contribution in [1.82, 2.24) is 5.32 Å². The Balaban J connectivity index is 1.38. The fraction of sp³-hybridized carbons (Fsp3) is 0.625. The standard InChI is InChI=1S/C16H23NO2S/c1-2-6-16-14(5-1)15(7-11-20-16)17-8-10-18-12-13-4-3-9-19-13/h1-2,5-6,13,15,17H,3-4,7-12H2/t13-,15+/m0/s1. The van der Waals surface area contributed by atoms with E-state index in [0.29, 0.717) is 12.1 Å². The quantitative estimate of drug-likeness (QED) is 0.817. The molecule has 0 bridgehead atoms. The van der Waals surface area contributed by atoms with Crippen LogP contribution in [0.2, 0.25) is 0 Å². The summed E-state index contributed by atoms with van der Waals surface area (Å²) in [6.07, 6.45) is 3.87. The molecule has 1 aromatic carbocycles. The minimum absolute atomic E-state index is 0.335. The zero-order chi connectivity index (χ0) is 13.6. The molecule has 20 heavy (non-hydrogen) atoms. The van der Waals surface area contributed by atoms with E-state index >= 15 is 0 Å². The molecule has 2 aliphatic heterocycles. The summed E-state index contributed by atoms with van der Waals surface area (Å²) >= 11 is 1.97. The molecule has 2 atom stereocenters. The van der Waals surface area contributed by atoms with Crippen molar-refractivity contribution in [2.75, 3.05) is 32.1 Å². The molecular formula is C16H23NO2S. The van der Waals surface area contributed by atoms with E-state index in [9.17, 15) is 0 Å². The van der Waals surface area contributed by atoms with Gasteiger partial charge in [-0.25, -0.2) is 0 Å². The molecule has 0 aliphatic carbocycles. The predicted octanol–water partition coefficient (Wildman–Crippen LogP) is 3.01. The van der Waals surface area contributed by atoms with Crippen LogP contribution in [-0.4, -0.2) is 38.2 Å². The van der Waals surface area contributed by atoms with Gasteiger partial charge in [0.15, 0.2) is 0 Å². The fourth-order valence-corrected chi connectivity index (χ4v) is 3.98.